The van der Waals surface area contributed by atoms with Crippen LogP contribution >= 0.6 is 0 Å². The Bertz CT molecular complexity index is 762. The molecule has 140 valence electrons. The third kappa shape index (κ3) is 5.30. The first kappa shape index (κ1) is 19.4. The van der Waals surface area contributed by atoms with Crippen LogP contribution < -0.4 is 15.4 Å². The standard InChI is InChI=1S/C16H12F6N2O2/c17-13-11(16(20,21)22)2-1-3-12(13)24-15(25)23-8-9-4-6-10(7-5-9)26-14(18)19/h1-7,14H,8H2,(H2,23,24,25). The highest BCUT2D eigenvalue weighted by Gasteiger charge is 2.35. The van der Waals surface area contributed by atoms with Gasteiger partial charge in [-0.3, -0.25) is 0 Å². The maximum atomic E-state index is 13.8. The number of nitrogens with one attached hydrogen (secondary N) is 2. The van der Waals surface area contributed by atoms with Crippen LogP contribution in [0.3, 0.4) is 0 Å². The van der Waals surface area contributed by atoms with Crippen LogP contribution in [0.2, 0.25) is 0 Å². The third-order valence-corrected chi connectivity index (χ3v) is 3.15. The number of alkyl halides is 5. The molecule has 10 heteroatoms. The third-order valence-electron chi connectivity index (χ3n) is 3.15. The van der Waals surface area contributed by atoms with E-state index in [1.54, 1.807) is 0 Å². The van der Waals surface area contributed by atoms with Gasteiger partial charge in [-0.2, -0.15) is 22.0 Å². The fraction of sp³-hybridized carbons (Fsp3) is 0.188. The largest absolute Gasteiger partial charge is 0.435 e. The van der Waals surface area contributed by atoms with Crippen LogP contribution in [0, 0.1) is 5.82 Å². The second-order valence-electron chi connectivity index (χ2n) is 5.00. The van der Waals surface area contributed by atoms with E-state index in [9.17, 15) is 31.1 Å². The predicted octanol–water partition coefficient (Wildman–Crippen LogP) is 4.77. The average Bonchev–Trinajstić information content (AvgIpc) is 2.54. The van der Waals surface area contributed by atoms with Crippen LogP contribution in [0.5, 0.6) is 5.75 Å². The molecule has 0 radical (unpaired) electrons. The van der Waals surface area contributed by atoms with E-state index in [1.165, 1.54) is 24.3 Å². The summed E-state index contributed by atoms with van der Waals surface area (Å²) in [5, 5.41) is 4.29. The van der Waals surface area contributed by atoms with Gasteiger partial charge in [0.2, 0.25) is 0 Å². The number of carbonyl (C=O) groups excluding carboxylic acids is 1. The zero-order valence-corrected chi connectivity index (χ0v) is 12.9. The van der Waals surface area contributed by atoms with Gasteiger partial charge in [0.15, 0.2) is 5.82 Å². The molecule has 2 amide bonds. The van der Waals surface area contributed by atoms with E-state index in [0.717, 1.165) is 12.1 Å². The Morgan fingerprint density at radius 1 is 1.08 bits per heavy atom. The van der Waals surface area contributed by atoms with Gasteiger partial charge in [0.1, 0.15) is 5.75 Å². The molecule has 0 aliphatic heterocycles. The van der Waals surface area contributed by atoms with Crippen molar-refractivity contribution in [2.75, 3.05) is 5.32 Å². The Kier molecular flexibility index (Phi) is 5.96. The lowest BCUT2D eigenvalue weighted by molar-refractivity contribution is -0.139. The van der Waals surface area contributed by atoms with Crippen LogP contribution in [-0.2, 0) is 12.7 Å². The van der Waals surface area contributed by atoms with Gasteiger partial charge in [0.05, 0.1) is 11.3 Å². The smallest absolute Gasteiger partial charge is 0.419 e. The molecular formula is C16H12F6N2O2. The summed E-state index contributed by atoms with van der Waals surface area (Å²) in [6.45, 7) is -3.03. The zero-order valence-electron chi connectivity index (χ0n) is 12.9. The van der Waals surface area contributed by atoms with Crippen LogP contribution in [0.15, 0.2) is 42.5 Å². The molecule has 2 aromatic rings. The number of rotatable bonds is 5. The number of carbonyl (C=O) groups is 1. The van der Waals surface area contributed by atoms with Gasteiger partial charge in [-0.25, -0.2) is 9.18 Å². The SMILES string of the molecule is O=C(NCc1ccc(OC(F)F)cc1)Nc1cccc(C(F)(F)F)c1F. The van der Waals surface area contributed by atoms with Crippen molar-refractivity contribution in [3.05, 3.63) is 59.4 Å². The van der Waals surface area contributed by atoms with Gasteiger partial charge < -0.3 is 15.4 Å². The summed E-state index contributed by atoms with van der Waals surface area (Å²) in [7, 11) is 0. The van der Waals surface area contributed by atoms with E-state index in [4.69, 9.17) is 0 Å². The molecule has 0 bridgehead atoms. The Labute approximate surface area is 143 Å². The van der Waals surface area contributed by atoms with E-state index in [2.05, 4.69) is 10.1 Å². The fourth-order valence-electron chi connectivity index (χ4n) is 1.99. The van der Waals surface area contributed by atoms with Crippen molar-refractivity contribution in [2.24, 2.45) is 0 Å². The molecule has 0 aliphatic carbocycles. The van der Waals surface area contributed by atoms with Crippen molar-refractivity contribution in [3.8, 4) is 5.75 Å². The molecular weight excluding hydrogens is 366 g/mol. The highest BCUT2D eigenvalue weighted by Crippen LogP contribution is 2.33. The first-order valence-corrected chi connectivity index (χ1v) is 7.11. The van der Waals surface area contributed by atoms with Gasteiger partial charge in [-0.05, 0) is 29.8 Å². The Morgan fingerprint density at radius 2 is 1.73 bits per heavy atom. The molecule has 2 aromatic carbocycles. The summed E-state index contributed by atoms with van der Waals surface area (Å²) in [6.07, 6.45) is -4.89. The quantitative estimate of drug-likeness (QED) is 0.737. The molecule has 0 aromatic heterocycles. The molecule has 2 N–H and O–H groups in total. The van der Waals surface area contributed by atoms with Crippen LogP contribution in [-0.4, -0.2) is 12.6 Å². The summed E-state index contributed by atoms with van der Waals surface area (Å²) >= 11 is 0. The van der Waals surface area contributed by atoms with Crippen molar-refractivity contribution in [1.82, 2.24) is 5.32 Å². The van der Waals surface area contributed by atoms with Crippen LogP contribution in [0.25, 0.3) is 0 Å². The summed E-state index contributed by atoms with van der Waals surface area (Å²) in [4.78, 5) is 11.7. The Balaban J connectivity index is 1.95. The van der Waals surface area contributed by atoms with Crippen molar-refractivity contribution < 1.29 is 35.9 Å². The predicted molar refractivity (Wildman–Crippen MR) is 80.3 cm³/mol. The zero-order chi connectivity index (χ0) is 19.3. The first-order chi connectivity index (χ1) is 12.2. The van der Waals surface area contributed by atoms with Gasteiger partial charge in [0, 0.05) is 6.54 Å². The highest BCUT2D eigenvalue weighted by molar-refractivity contribution is 5.89. The van der Waals surface area contributed by atoms with Gasteiger partial charge in [-0.1, -0.05) is 18.2 Å². The minimum atomic E-state index is -4.89. The lowest BCUT2D eigenvalue weighted by Gasteiger charge is -2.13. The molecule has 0 unspecified atom stereocenters. The molecule has 4 nitrogen and oxygen atoms in total. The topological polar surface area (TPSA) is 50.4 Å². The van der Waals surface area contributed by atoms with Crippen molar-refractivity contribution >= 4 is 11.7 Å². The monoisotopic (exact) mass is 378 g/mol. The molecule has 0 saturated heterocycles. The number of halogens is 6. The Hall–Kier alpha value is -2.91. The minimum Gasteiger partial charge on any atom is -0.435 e. The normalized spacial score (nSPS) is 11.3. The number of urea groups is 1. The molecule has 0 saturated carbocycles. The minimum absolute atomic E-state index is 0.0681. The van der Waals surface area contributed by atoms with E-state index in [1.807, 2.05) is 5.32 Å². The first-order valence-electron chi connectivity index (χ1n) is 7.11. The second-order valence-corrected chi connectivity index (χ2v) is 5.00. The second kappa shape index (κ2) is 7.98. The summed E-state index contributed by atoms with van der Waals surface area (Å²) in [5.41, 5.74) is -1.62. The van der Waals surface area contributed by atoms with Gasteiger partial charge in [-0.15, -0.1) is 0 Å². The molecule has 2 rings (SSSR count). The average molecular weight is 378 g/mol. The van der Waals surface area contributed by atoms with Crippen molar-refractivity contribution in [2.45, 2.75) is 19.3 Å². The van der Waals surface area contributed by atoms with Crippen molar-refractivity contribution in [1.29, 1.82) is 0 Å². The molecule has 0 spiro atoms. The summed E-state index contributed by atoms with van der Waals surface area (Å²) < 4.78 is 79.9. The fourth-order valence-corrected chi connectivity index (χ4v) is 1.99. The maximum Gasteiger partial charge on any atom is 0.419 e. The molecule has 0 heterocycles. The van der Waals surface area contributed by atoms with E-state index < -0.39 is 35.9 Å². The van der Waals surface area contributed by atoms with E-state index >= 15 is 0 Å². The number of benzene rings is 2. The Morgan fingerprint density at radius 3 is 2.31 bits per heavy atom. The summed E-state index contributed by atoms with van der Waals surface area (Å²) in [6, 6.07) is 6.90. The van der Waals surface area contributed by atoms with Crippen LogP contribution in [0.1, 0.15) is 11.1 Å². The number of amides is 2. The number of hydrogen-bond donors (Lipinski definition) is 2. The van der Waals surface area contributed by atoms with Gasteiger partial charge >= 0.3 is 18.8 Å². The lowest BCUT2D eigenvalue weighted by atomic mass is 10.2. The number of hydrogen-bond acceptors (Lipinski definition) is 2. The molecule has 0 atom stereocenters. The number of ether oxygens (including phenoxy) is 1. The molecule has 0 fully saturated rings. The maximum absolute atomic E-state index is 13.8. The van der Waals surface area contributed by atoms with Gasteiger partial charge in [0.25, 0.3) is 0 Å². The summed E-state index contributed by atoms with van der Waals surface area (Å²) in [5.74, 6) is -1.66. The van der Waals surface area contributed by atoms with Crippen molar-refractivity contribution in [3.63, 3.8) is 0 Å². The van der Waals surface area contributed by atoms with Crippen LogP contribution in [0.4, 0.5) is 36.8 Å². The highest BCUT2D eigenvalue weighted by atomic mass is 19.4. The van der Waals surface area contributed by atoms with E-state index in [0.29, 0.717) is 11.6 Å². The van der Waals surface area contributed by atoms with E-state index in [-0.39, 0.29) is 12.3 Å². The molecule has 26 heavy (non-hydrogen) atoms. The molecule has 0 aliphatic rings. The number of anilines is 1. The lowest BCUT2D eigenvalue weighted by Crippen LogP contribution is -2.28.